The molecule has 0 radical (unpaired) electrons. The maximum atomic E-state index is 13.6. The molecule has 1 aromatic heterocycles. The topological polar surface area (TPSA) is 67.7 Å². The van der Waals surface area contributed by atoms with Crippen LogP contribution in [-0.2, 0) is 0 Å². The first-order chi connectivity index (χ1) is 14.6. The molecular weight excluding hydrogens is 380 g/mol. The molecule has 1 atom stereocenters. The molecule has 1 unspecified atom stereocenters. The second kappa shape index (κ2) is 7.04. The van der Waals surface area contributed by atoms with Crippen molar-refractivity contribution in [2.24, 2.45) is 0 Å². The van der Waals surface area contributed by atoms with Crippen LogP contribution in [0.2, 0.25) is 0 Å². The minimum absolute atomic E-state index is 0.359. The maximum absolute atomic E-state index is 13.6. The number of imide groups is 1. The number of hydrazine groups is 1. The largest absolute Gasteiger partial charge is 0.443 e. The fraction of sp³-hybridized carbons (Fsp3) is 0.0870. The summed E-state index contributed by atoms with van der Waals surface area (Å²) in [7, 11) is 0. The quantitative estimate of drug-likeness (QED) is 0.475. The lowest BCUT2D eigenvalue weighted by Crippen LogP contribution is -2.58. The van der Waals surface area contributed by atoms with Gasteiger partial charge >= 0.3 is 12.1 Å². The highest BCUT2D eigenvalue weighted by Gasteiger charge is 2.43. The average molecular weight is 398 g/mol. The third-order valence-electron chi connectivity index (χ3n) is 5.06. The summed E-state index contributed by atoms with van der Waals surface area (Å²) in [4.78, 5) is 31.4. The fourth-order valence-electron chi connectivity index (χ4n) is 3.71. The molecule has 30 heavy (non-hydrogen) atoms. The summed E-state index contributed by atoms with van der Waals surface area (Å²) in [6.45, 7) is 1.90. The lowest BCUT2D eigenvalue weighted by molar-refractivity contribution is 0.139. The van der Waals surface area contributed by atoms with Gasteiger partial charge in [-0.25, -0.2) is 19.1 Å². The number of anilines is 1. The van der Waals surface area contributed by atoms with Crippen molar-refractivity contribution >= 4 is 28.8 Å². The zero-order valence-electron chi connectivity index (χ0n) is 16.2. The fourth-order valence-corrected chi connectivity index (χ4v) is 3.71. The van der Waals surface area contributed by atoms with Crippen molar-refractivity contribution in [3.8, 4) is 5.75 Å². The second-order valence-electron chi connectivity index (χ2n) is 6.93. The number of amides is 2. The molecule has 0 aliphatic carbocycles. The van der Waals surface area contributed by atoms with Gasteiger partial charge < -0.3 is 4.74 Å². The molecule has 2 heterocycles. The lowest BCUT2D eigenvalue weighted by atomic mass is 10.2. The second-order valence-corrected chi connectivity index (χ2v) is 6.93. The van der Waals surface area contributed by atoms with Crippen molar-refractivity contribution in [3.05, 3.63) is 90.8 Å². The number of para-hydroxylation sites is 4. The molecule has 0 N–H and O–H groups in total. The standard InChI is InChI=1S/C23H18N4O3/c1-16-21-24-19-14-8-9-15-20(19)25(21)22(28)27(26(16)17-10-4-2-5-11-17)23(29)30-18-12-6-3-7-13-18/h2-16H,1H3. The van der Waals surface area contributed by atoms with E-state index in [1.54, 1.807) is 29.3 Å². The van der Waals surface area contributed by atoms with Crippen molar-refractivity contribution in [3.63, 3.8) is 0 Å². The first kappa shape index (κ1) is 17.9. The monoisotopic (exact) mass is 398 g/mol. The number of aromatic nitrogens is 2. The van der Waals surface area contributed by atoms with E-state index in [0.717, 1.165) is 5.01 Å². The normalized spacial score (nSPS) is 15.9. The molecule has 5 rings (SSSR count). The van der Waals surface area contributed by atoms with Crippen LogP contribution in [0.3, 0.4) is 0 Å². The number of carbonyl (C=O) groups excluding carboxylic acids is 2. The molecule has 0 saturated heterocycles. The van der Waals surface area contributed by atoms with Gasteiger partial charge in [0, 0.05) is 0 Å². The van der Waals surface area contributed by atoms with Gasteiger partial charge in [0.05, 0.1) is 16.7 Å². The van der Waals surface area contributed by atoms with E-state index in [1.165, 1.54) is 4.57 Å². The number of imidazole rings is 1. The highest BCUT2D eigenvalue weighted by atomic mass is 16.6. The molecule has 148 valence electrons. The van der Waals surface area contributed by atoms with E-state index in [0.29, 0.717) is 28.3 Å². The molecule has 0 saturated carbocycles. The summed E-state index contributed by atoms with van der Waals surface area (Å²) in [5, 5.41) is 2.66. The molecule has 4 aromatic rings. The van der Waals surface area contributed by atoms with Gasteiger partial charge in [-0.2, -0.15) is 0 Å². The Kier molecular flexibility index (Phi) is 4.21. The summed E-state index contributed by atoms with van der Waals surface area (Å²) in [5.41, 5.74) is 2.02. The summed E-state index contributed by atoms with van der Waals surface area (Å²) >= 11 is 0. The van der Waals surface area contributed by atoms with Crippen LogP contribution in [0.4, 0.5) is 15.3 Å². The van der Waals surface area contributed by atoms with Crippen LogP contribution in [0.5, 0.6) is 5.75 Å². The van der Waals surface area contributed by atoms with Crippen LogP contribution in [0.1, 0.15) is 18.8 Å². The number of carbonyl (C=O) groups is 2. The Hall–Kier alpha value is -4.13. The van der Waals surface area contributed by atoms with Gasteiger partial charge in [0.15, 0.2) is 0 Å². The zero-order chi connectivity index (χ0) is 20.7. The number of ether oxygens (including phenoxy) is 1. The summed E-state index contributed by atoms with van der Waals surface area (Å²) < 4.78 is 7.00. The molecule has 1 aliphatic heterocycles. The van der Waals surface area contributed by atoms with E-state index in [4.69, 9.17) is 4.74 Å². The number of hydrogen-bond acceptors (Lipinski definition) is 5. The Morgan fingerprint density at radius 2 is 1.53 bits per heavy atom. The van der Waals surface area contributed by atoms with E-state index in [1.807, 2.05) is 67.6 Å². The Bertz CT molecular complexity index is 1240. The minimum Gasteiger partial charge on any atom is -0.409 e. The van der Waals surface area contributed by atoms with Crippen LogP contribution >= 0.6 is 0 Å². The van der Waals surface area contributed by atoms with Crippen molar-refractivity contribution in [2.75, 3.05) is 5.01 Å². The Balaban J connectivity index is 1.65. The van der Waals surface area contributed by atoms with Gasteiger partial charge in [-0.15, -0.1) is 5.01 Å². The Morgan fingerprint density at radius 3 is 2.27 bits per heavy atom. The van der Waals surface area contributed by atoms with E-state index in [2.05, 4.69) is 4.98 Å². The molecule has 3 aromatic carbocycles. The van der Waals surface area contributed by atoms with Gasteiger partial charge in [-0.1, -0.05) is 48.5 Å². The van der Waals surface area contributed by atoms with Crippen LogP contribution in [0.15, 0.2) is 84.9 Å². The van der Waals surface area contributed by atoms with Gasteiger partial charge in [0.2, 0.25) is 0 Å². The SMILES string of the molecule is CC1c2nc3ccccc3n2C(=O)N(C(=O)Oc2ccccc2)N1c1ccccc1. The molecule has 7 heteroatoms. The van der Waals surface area contributed by atoms with Crippen molar-refractivity contribution in [2.45, 2.75) is 13.0 Å². The Morgan fingerprint density at radius 1 is 0.900 bits per heavy atom. The van der Waals surface area contributed by atoms with Crippen molar-refractivity contribution in [1.29, 1.82) is 0 Å². The van der Waals surface area contributed by atoms with E-state index in [9.17, 15) is 9.59 Å². The molecule has 0 bridgehead atoms. The predicted molar refractivity (Wildman–Crippen MR) is 112 cm³/mol. The predicted octanol–water partition coefficient (Wildman–Crippen LogP) is 5.00. The zero-order valence-corrected chi connectivity index (χ0v) is 16.2. The highest BCUT2D eigenvalue weighted by molar-refractivity contribution is 6.00. The van der Waals surface area contributed by atoms with E-state index in [-0.39, 0.29) is 6.04 Å². The third-order valence-corrected chi connectivity index (χ3v) is 5.06. The molecule has 7 nitrogen and oxygen atoms in total. The highest BCUT2D eigenvalue weighted by Crippen LogP contribution is 2.35. The maximum Gasteiger partial charge on any atom is 0.443 e. The van der Waals surface area contributed by atoms with E-state index >= 15 is 0 Å². The Labute approximate surface area is 172 Å². The molecule has 0 spiro atoms. The van der Waals surface area contributed by atoms with Crippen molar-refractivity contribution in [1.82, 2.24) is 14.6 Å². The first-order valence-corrected chi connectivity index (χ1v) is 9.58. The number of fused-ring (bicyclic) bond motifs is 3. The number of nitrogens with zero attached hydrogens (tertiary/aromatic N) is 4. The van der Waals surface area contributed by atoms with Gasteiger partial charge in [-0.3, -0.25) is 5.01 Å². The summed E-state index contributed by atoms with van der Waals surface area (Å²) in [6, 6.07) is 24.4. The van der Waals surface area contributed by atoms with Crippen LogP contribution < -0.4 is 9.75 Å². The van der Waals surface area contributed by atoms with Crippen LogP contribution in [0, 0.1) is 0 Å². The van der Waals surface area contributed by atoms with Gasteiger partial charge in [0.25, 0.3) is 0 Å². The average Bonchev–Trinajstić information content (AvgIpc) is 3.17. The molecular formula is C23H18N4O3. The third kappa shape index (κ3) is 2.79. The number of rotatable bonds is 2. The number of benzene rings is 3. The van der Waals surface area contributed by atoms with E-state index < -0.39 is 12.1 Å². The van der Waals surface area contributed by atoms with Crippen LogP contribution in [0.25, 0.3) is 11.0 Å². The first-order valence-electron chi connectivity index (χ1n) is 9.58. The summed E-state index contributed by atoms with van der Waals surface area (Å²) in [6.07, 6.45) is -0.787. The molecule has 1 aliphatic rings. The van der Waals surface area contributed by atoms with Crippen LogP contribution in [-0.4, -0.2) is 26.7 Å². The summed E-state index contributed by atoms with van der Waals surface area (Å²) in [5.74, 6) is 0.922. The van der Waals surface area contributed by atoms with Gasteiger partial charge in [0.1, 0.15) is 17.6 Å². The van der Waals surface area contributed by atoms with Gasteiger partial charge in [-0.05, 0) is 43.3 Å². The van der Waals surface area contributed by atoms with Crippen molar-refractivity contribution < 1.29 is 14.3 Å². The molecule has 0 fully saturated rings. The molecule has 2 amide bonds. The lowest BCUT2D eigenvalue weighted by Gasteiger charge is -2.41. The smallest absolute Gasteiger partial charge is 0.409 e. The minimum atomic E-state index is -0.787. The number of hydrogen-bond donors (Lipinski definition) is 0.